The van der Waals surface area contributed by atoms with Gasteiger partial charge in [0.05, 0.1) is 0 Å². The fourth-order valence-electron chi connectivity index (χ4n) is 8.60. The summed E-state index contributed by atoms with van der Waals surface area (Å²) in [4.78, 5) is 0. The van der Waals surface area contributed by atoms with Gasteiger partial charge in [0.25, 0.3) is 0 Å². The molecule has 0 bridgehead atoms. The van der Waals surface area contributed by atoms with Crippen LogP contribution in [0.4, 0.5) is 0 Å². The molecule has 252 valence electrons. The first kappa shape index (κ1) is 30.8. The van der Waals surface area contributed by atoms with Gasteiger partial charge in [-0.25, -0.2) is 0 Å². The molecule has 11 aromatic rings. The second kappa shape index (κ2) is 12.4. The lowest BCUT2D eigenvalue weighted by molar-refractivity contribution is 0.632. The predicted molar refractivity (Wildman–Crippen MR) is 231 cm³/mol. The lowest BCUT2D eigenvalue weighted by Crippen LogP contribution is -1.92. The van der Waals surface area contributed by atoms with Gasteiger partial charge in [0.2, 0.25) is 0 Å². The molecular weight excluding hydrogens is 673 g/mol. The smallest absolute Gasteiger partial charge is 0.143 e. The summed E-state index contributed by atoms with van der Waals surface area (Å²) in [6, 6.07) is 70.2. The van der Waals surface area contributed by atoms with Gasteiger partial charge in [-0.15, -0.1) is 11.3 Å². The summed E-state index contributed by atoms with van der Waals surface area (Å²) in [5.74, 6) is 0.885. The normalized spacial score (nSPS) is 11.7. The summed E-state index contributed by atoms with van der Waals surface area (Å²) in [6.45, 7) is 0. The molecule has 0 amide bonds. The molecule has 1 nitrogen and oxygen atoms in total. The van der Waals surface area contributed by atoms with Gasteiger partial charge < -0.3 is 4.42 Å². The highest BCUT2D eigenvalue weighted by Crippen LogP contribution is 2.51. The van der Waals surface area contributed by atoms with E-state index in [0.29, 0.717) is 0 Å². The first-order chi connectivity index (χ1) is 26.8. The maximum absolute atomic E-state index is 6.93. The SMILES string of the molecule is c1ccc(-c2ccccc2-c2oc3ccccc3c2-c2cc(-c3c4ccccc4c(-c4ccccc4)c4ccccc34)c3c(c2)sc2ccccc23)cc1. The number of thiophene rings is 1. The van der Waals surface area contributed by atoms with Gasteiger partial charge in [-0.1, -0.05) is 170 Å². The van der Waals surface area contributed by atoms with Crippen molar-refractivity contribution in [1.29, 1.82) is 0 Å². The molecule has 54 heavy (non-hydrogen) atoms. The number of benzene rings is 9. The van der Waals surface area contributed by atoms with Crippen LogP contribution in [0.3, 0.4) is 0 Å². The molecule has 0 spiro atoms. The lowest BCUT2D eigenvalue weighted by Gasteiger charge is -2.19. The molecule has 0 atom stereocenters. The van der Waals surface area contributed by atoms with Crippen LogP contribution in [0.5, 0.6) is 0 Å². The lowest BCUT2D eigenvalue weighted by atomic mass is 9.84. The average molecular weight is 705 g/mol. The Morgan fingerprint density at radius 3 is 1.52 bits per heavy atom. The number of hydrogen-bond donors (Lipinski definition) is 0. The van der Waals surface area contributed by atoms with E-state index < -0.39 is 0 Å². The van der Waals surface area contributed by atoms with Gasteiger partial charge in [0.15, 0.2) is 0 Å². The number of hydrogen-bond acceptors (Lipinski definition) is 2. The first-order valence-corrected chi connectivity index (χ1v) is 19.2. The Morgan fingerprint density at radius 1 is 0.315 bits per heavy atom. The molecule has 9 aromatic carbocycles. The molecule has 0 radical (unpaired) electrons. The second-order valence-electron chi connectivity index (χ2n) is 13.9. The van der Waals surface area contributed by atoms with Crippen LogP contribution in [0.1, 0.15) is 0 Å². The zero-order valence-electron chi connectivity index (χ0n) is 29.3. The minimum absolute atomic E-state index is 0.881. The van der Waals surface area contributed by atoms with E-state index in [9.17, 15) is 0 Å². The third kappa shape index (κ3) is 4.78. The minimum Gasteiger partial charge on any atom is -0.455 e. The van der Waals surface area contributed by atoms with Crippen molar-refractivity contribution in [2.45, 2.75) is 0 Å². The van der Waals surface area contributed by atoms with Crippen molar-refractivity contribution in [2.75, 3.05) is 0 Å². The van der Waals surface area contributed by atoms with E-state index in [0.717, 1.165) is 44.5 Å². The van der Waals surface area contributed by atoms with Gasteiger partial charge in [0.1, 0.15) is 11.3 Å². The van der Waals surface area contributed by atoms with Gasteiger partial charge in [-0.2, -0.15) is 0 Å². The Kier molecular flexibility index (Phi) is 7.11. The van der Waals surface area contributed by atoms with E-state index in [4.69, 9.17) is 4.42 Å². The van der Waals surface area contributed by atoms with Crippen LogP contribution in [-0.4, -0.2) is 0 Å². The third-order valence-electron chi connectivity index (χ3n) is 10.9. The van der Waals surface area contributed by atoms with Gasteiger partial charge in [-0.3, -0.25) is 0 Å². The summed E-state index contributed by atoms with van der Waals surface area (Å²) in [5.41, 5.74) is 11.5. The highest BCUT2D eigenvalue weighted by atomic mass is 32.1. The van der Waals surface area contributed by atoms with Crippen molar-refractivity contribution in [3.63, 3.8) is 0 Å². The van der Waals surface area contributed by atoms with Crippen LogP contribution in [-0.2, 0) is 0 Å². The molecule has 0 N–H and O–H groups in total. The molecule has 2 heterocycles. The summed E-state index contributed by atoms with van der Waals surface area (Å²) in [6.07, 6.45) is 0. The third-order valence-corrected chi connectivity index (χ3v) is 12.0. The van der Waals surface area contributed by atoms with Crippen LogP contribution >= 0.6 is 11.3 Å². The topological polar surface area (TPSA) is 13.1 Å². The van der Waals surface area contributed by atoms with Crippen LogP contribution in [0.25, 0.3) is 109 Å². The zero-order chi connectivity index (χ0) is 35.6. The maximum Gasteiger partial charge on any atom is 0.143 e. The maximum atomic E-state index is 6.93. The van der Waals surface area contributed by atoms with Crippen LogP contribution in [0.15, 0.2) is 199 Å². The van der Waals surface area contributed by atoms with Crippen molar-refractivity contribution in [3.8, 4) is 55.8 Å². The molecule has 0 saturated carbocycles. The number of furan rings is 1. The quantitative estimate of drug-likeness (QED) is 0.163. The second-order valence-corrected chi connectivity index (χ2v) is 15.0. The zero-order valence-corrected chi connectivity index (χ0v) is 30.1. The highest BCUT2D eigenvalue weighted by molar-refractivity contribution is 7.26. The van der Waals surface area contributed by atoms with E-state index in [1.165, 1.54) is 64.0 Å². The first-order valence-electron chi connectivity index (χ1n) is 18.4. The fraction of sp³-hybridized carbons (Fsp3) is 0. The summed E-state index contributed by atoms with van der Waals surface area (Å²) in [7, 11) is 0. The van der Waals surface area contributed by atoms with E-state index in [-0.39, 0.29) is 0 Å². The molecule has 2 aromatic heterocycles. The molecule has 0 aliphatic carbocycles. The molecule has 0 fully saturated rings. The predicted octanol–water partition coefficient (Wildman–Crippen LogP) is 15.4. The standard InChI is InChI=1S/C52H32OS/c1-3-17-33(18-4-1)36-21-7-12-26-41(36)52-49(42-27-13-15-29-45(42)53-52)35-31-44(51-43-28-14-16-30-46(43)54-47(51)32-35)50-39-24-10-8-22-37(39)48(34-19-5-2-6-20-34)38-23-9-11-25-40(38)50/h1-32H. The minimum atomic E-state index is 0.881. The Balaban J connectivity index is 1.29. The molecule has 0 aliphatic rings. The Morgan fingerprint density at radius 2 is 0.833 bits per heavy atom. The van der Waals surface area contributed by atoms with Crippen LogP contribution in [0, 0.1) is 0 Å². The van der Waals surface area contributed by atoms with Crippen molar-refractivity contribution < 1.29 is 4.42 Å². The van der Waals surface area contributed by atoms with Crippen molar-refractivity contribution in [1.82, 2.24) is 0 Å². The van der Waals surface area contributed by atoms with Crippen molar-refractivity contribution in [2.24, 2.45) is 0 Å². The van der Waals surface area contributed by atoms with Crippen LogP contribution < -0.4 is 0 Å². The van der Waals surface area contributed by atoms with Gasteiger partial charge >= 0.3 is 0 Å². The number of fused-ring (bicyclic) bond motifs is 6. The Hall–Kier alpha value is -6.74. The van der Waals surface area contributed by atoms with Gasteiger partial charge in [-0.05, 0) is 84.8 Å². The molecule has 11 rings (SSSR count). The van der Waals surface area contributed by atoms with Crippen molar-refractivity contribution in [3.05, 3.63) is 194 Å². The van der Waals surface area contributed by atoms with Crippen molar-refractivity contribution >= 4 is 64.0 Å². The Labute approximate surface area is 317 Å². The number of rotatable bonds is 5. The van der Waals surface area contributed by atoms with E-state index in [1.807, 2.05) is 11.3 Å². The molecule has 0 aliphatic heterocycles. The summed E-state index contributed by atoms with van der Waals surface area (Å²) >= 11 is 1.87. The molecule has 2 heteroatoms. The van der Waals surface area contributed by atoms with Crippen LogP contribution in [0.2, 0.25) is 0 Å². The van der Waals surface area contributed by atoms with E-state index in [1.54, 1.807) is 0 Å². The summed E-state index contributed by atoms with van der Waals surface area (Å²) < 4.78 is 9.47. The van der Waals surface area contributed by atoms with E-state index >= 15 is 0 Å². The Bertz CT molecular complexity index is 3150. The monoisotopic (exact) mass is 704 g/mol. The largest absolute Gasteiger partial charge is 0.455 e. The molecule has 0 unspecified atom stereocenters. The van der Waals surface area contributed by atoms with E-state index in [2.05, 4.69) is 194 Å². The average Bonchev–Trinajstić information content (AvgIpc) is 3.82. The summed E-state index contributed by atoms with van der Waals surface area (Å²) in [5, 5.41) is 8.68. The fourth-order valence-corrected chi connectivity index (χ4v) is 9.77. The number of para-hydroxylation sites is 1. The molecular formula is C52H32OS. The van der Waals surface area contributed by atoms with Gasteiger partial charge in [0, 0.05) is 36.7 Å². The molecule has 0 saturated heterocycles. The highest BCUT2D eigenvalue weighted by Gasteiger charge is 2.25.